The number of aromatic nitrogens is 1. The molecule has 28 heavy (non-hydrogen) atoms. The van der Waals surface area contributed by atoms with E-state index in [0.29, 0.717) is 19.0 Å². The van der Waals surface area contributed by atoms with Crippen LogP contribution in [0.25, 0.3) is 0 Å². The fourth-order valence-electron chi connectivity index (χ4n) is 5.55. The van der Waals surface area contributed by atoms with Crippen LogP contribution in [-0.4, -0.2) is 45.3 Å². The van der Waals surface area contributed by atoms with Gasteiger partial charge in [-0.15, -0.1) is 0 Å². The molecule has 3 heterocycles. The van der Waals surface area contributed by atoms with Crippen molar-refractivity contribution in [1.82, 2.24) is 14.4 Å². The third-order valence-electron chi connectivity index (χ3n) is 7.13. The van der Waals surface area contributed by atoms with Crippen LogP contribution in [0.3, 0.4) is 0 Å². The molecule has 4 rings (SSSR count). The van der Waals surface area contributed by atoms with E-state index in [-0.39, 0.29) is 23.8 Å². The van der Waals surface area contributed by atoms with Crippen LogP contribution < -0.4 is 0 Å². The highest BCUT2D eigenvalue weighted by Crippen LogP contribution is 2.34. The Kier molecular flexibility index (Phi) is 6.07. The maximum Gasteiger partial charge on any atom is 0.228 e. The Balaban J connectivity index is 1.49. The van der Waals surface area contributed by atoms with Crippen LogP contribution in [0.1, 0.15) is 82.4 Å². The average molecular weight is 386 g/mol. The standard InChI is InChI=1S/C23H35N3O2/c1-24-14-9-13-20(24)21-12-7-4-8-15-25(21)23(28)18-16-22(27)26(17-18)19-10-5-2-3-6-11-19/h9,13-14,18-19,21H,2-8,10-12,15-17H2,1H3/t18-,21-/m0/s1. The molecule has 0 bridgehead atoms. The van der Waals surface area contributed by atoms with Crippen molar-refractivity contribution in [1.29, 1.82) is 0 Å². The first-order valence-corrected chi connectivity index (χ1v) is 11.4. The molecule has 0 N–H and O–H groups in total. The zero-order valence-corrected chi connectivity index (χ0v) is 17.3. The van der Waals surface area contributed by atoms with Gasteiger partial charge in [0.05, 0.1) is 12.0 Å². The molecule has 154 valence electrons. The topological polar surface area (TPSA) is 45.6 Å². The predicted molar refractivity (Wildman–Crippen MR) is 110 cm³/mol. The van der Waals surface area contributed by atoms with Gasteiger partial charge in [0.15, 0.2) is 0 Å². The van der Waals surface area contributed by atoms with Gasteiger partial charge in [0.2, 0.25) is 11.8 Å². The number of carbonyl (C=O) groups is 2. The summed E-state index contributed by atoms with van der Waals surface area (Å²) in [5, 5.41) is 0. The lowest BCUT2D eigenvalue weighted by Crippen LogP contribution is -2.41. The van der Waals surface area contributed by atoms with Gasteiger partial charge >= 0.3 is 0 Å². The van der Waals surface area contributed by atoms with Gasteiger partial charge in [0.25, 0.3) is 0 Å². The lowest BCUT2D eigenvalue weighted by molar-refractivity contribution is -0.138. The normalized spacial score (nSPS) is 27.7. The fraction of sp³-hybridized carbons (Fsp3) is 0.739. The Morgan fingerprint density at radius 1 is 1.00 bits per heavy atom. The molecule has 0 radical (unpaired) electrons. The van der Waals surface area contributed by atoms with Crippen LogP contribution in [0.15, 0.2) is 18.3 Å². The summed E-state index contributed by atoms with van der Waals surface area (Å²) in [7, 11) is 2.07. The van der Waals surface area contributed by atoms with Crippen LogP contribution >= 0.6 is 0 Å². The second-order valence-corrected chi connectivity index (χ2v) is 9.03. The lowest BCUT2D eigenvalue weighted by Gasteiger charge is -2.33. The maximum atomic E-state index is 13.5. The minimum absolute atomic E-state index is 0.150. The van der Waals surface area contributed by atoms with Crippen molar-refractivity contribution in [2.24, 2.45) is 13.0 Å². The van der Waals surface area contributed by atoms with E-state index in [1.54, 1.807) is 0 Å². The molecule has 0 unspecified atom stereocenters. The van der Waals surface area contributed by atoms with Crippen molar-refractivity contribution in [3.8, 4) is 0 Å². The number of nitrogens with zero attached hydrogens (tertiary/aromatic N) is 3. The van der Waals surface area contributed by atoms with Crippen molar-refractivity contribution in [3.63, 3.8) is 0 Å². The Morgan fingerprint density at radius 2 is 1.71 bits per heavy atom. The Hall–Kier alpha value is -1.78. The molecule has 1 aliphatic carbocycles. The minimum Gasteiger partial charge on any atom is -0.353 e. The number of aryl methyl sites for hydroxylation is 1. The van der Waals surface area contributed by atoms with Crippen LogP contribution in [0.5, 0.6) is 0 Å². The molecule has 2 saturated heterocycles. The van der Waals surface area contributed by atoms with Gasteiger partial charge in [-0.2, -0.15) is 0 Å². The van der Waals surface area contributed by atoms with Gasteiger partial charge in [-0.3, -0.25) is 9.59 Å². The molecule has 5 heteroatoms. The third kappa shape index (κ3) is 3.99. The van der Waals surface area contributed by atoms with Gasteiger partial charge in [0.1, 0.15) is 0 Å². The molecule has 3 aliphatic rings. The summed E-state index contributed by atoms with van der Waals surface area (Å²) in [5.41, 5.74) is 1.22. The highest BCUT2D eigenvalue weighted by atomic mass is 16.2. The summed E-state index contributed by atoms with van der Waals surface area (Å²) in [4.78, 5) is 30.5. The summed E-state index contributed by atoms with van der Waals surface area (Å²) in [6, 6.07) is 4.72. The van der Waals surface area contributed by atoms with Crippen LogP contribution in [0, 0.1) is 5.92 Å². The molecule has 2 amide bonds. The van der Waals surface area contributed by atoms with Crippen molar-refractivity contribution < 1.29 is 9.59 Å². The zero-order chi connectivity index (χ0) is 19.5. The molecule has 0 aromatic carbocycles. The molecule has 3 fully saturated rings. The number of amides is 2. The molecule has 0 spiro atoms. The molecular weight excluding hydrogens is 350 g/mol. The number of carbonyl (C=O) groups excluding carboxylic acids is 2. The first-order valence-electron chi connectivity index (χ1n) is 11.4. The summed E-state index contributed by atoms with van der Waals surface area (Å²) in [6.07, 6.45) is 14.1. The smallest absolute Gasteiger partial charge is 0.228 e. The number of hydrogen-bond donors (Lipinski definition) is 0. The van der Waals surface area contributed by atoms with Gasteiger partial charge in [-0.1, -0.05) is 38.5 Å². The number of rotatable bonds is 3. The van der Waals surface area contributed by atoms with E-state index in [1.807, 2.05) is 0 Å². The summed E-state index contributed by atoms with van der Waals surface area (Å²) in [5.74, 6) is 0.254. The molecule has 2 atom stereocenters. The molecule has 1 aromatic heterocycles. The first-order chi connectivity index (χ1) is 13.6. The van der Waals surface area contributed by atoms with Crippen molar-refractivity contribution >= 4 is 11.8 Å². The summed E-state index contributed by atoms with van der Waals surface area (Å²) in [6.45, 7) is 1.46. The lowest BCUT2D eigenvalue weighted by atomic mass is 10.0. The molecular formula is C23H35N3O2. The quantitative estimate of drug-likeness (QED) is 0.737. The van der Waals surface area contributed by atoms with E-state index in [9.17, 15) is 9.59 Å². The van der Waals surface area contributed by atoms with Gasteiger partial charge < -0.3 is 14.4 Å². The van der Waals surface area contributed by atoms with Crippen molar-refractivity contribution in [2.45, 2.75) is 82.7 Å². The average Bonchev–Trinajstić information content (AvgIpc) is 3.07. The Bertz CT molecular complexity index is 690. The minimum atomic E-state index is -0.156. The van der Waals surface area contributed by atoms with E-state index in [0.717, 1.165) is 38.6 Å². The highest BCUT2D eigenvalue weighted by Gasteiger charge is 2.41. The molecule has 1 saturated carbocycles. The fourth-order valence-corrected chi connectivity index (χ4v) is 5.55. The van der Waals surface area contributed by atoms with Crippen LogP contribution in [0.4, 0.5) is 0 Å². The van der Waals surface area contributed by atoms with Crippen LogP contribution in [-0.2, 0) is 16.6 Å². The van der Waals surface area contributed by atoms with Gasteiger partial charge in [-0.05, 0) is 37.8 Å². The maximum absolute atomic E-state index is 13.5. The number of hydrogen-bond acceptors (Lipinski definition) is 2. The Morgan fingerprint density at radius 3 is 2.43 bits per heavy atom. The van der Waals surface area contributed by atoms with E-state index < -0.39 is 0 Å². The van der Waals surface area contributed by atoms with E-state index in [1.165, 1.54) is 37.8 Å². The second kappa shape index (κ2) is 8.71. The predicted octanol–water partition coefficient (Wildman–Crippen LogP) is 4.04. The molecule has 5 nitrogen and oxygen atoms in total. The molecule has 1 aromatic rings. The van der Waals surface area contributed by atoms with Crippen LogP contribution in [0.2, 0.25) is 0 Å². The first kappa shape index (κ1) is 19.5. The van der Waals surface area contributed by atoms with Gasteiger partial charge in [-0.25, -0.2) is 0 Å². The van der Waals surface area contributed by atoms with Gasteiger partial charge in [0, 0.05) is 44.5 Å². The third-order valence-corrected chi connectivity index (χ3v) is 7.13. The van der Waals surface area contributed by atoms with Crippen molar-refractivity contribution in [2.75, 3.05) is 13.1 Å². The second-order valence-electron chi connectivity index (χ2n) is 9.03. The number of likely N-dealkylation sites (tertiary alicyclic amines) is 2. The zero-order valence-electron chi connectivity index (χ0n) is 17.3. The summed E-state index contributed by atoms with van der Waals surface area (Å²) >= 11 is 0. The van der Waals surface area contributed by atoms with E-state index >= 15 is 0 Å². The highest BCUT2D eigenvalue weighted by molar-refractivity contribution is 5.89. The van der Waals surface area contributed by atoms with E-state index in [4.69, 9.17) is 0 Å². The van der Waals surface area contributed by atoms with E-state index in [2.05, 4.69) is 39.7 Å². The Labute approximate surface area is 169 Å². The largest absolute Gasteiger partial charge is 0.353 e. The summed E-state index contributed by atoms with van der Waals surface area (Å²) < 4.78 is 2.15. The van der Waals surface area contributed by atoms with Crippen molar-refractivity contribution in [3.05, 3.63) is 24.0 Å². The monoisotopic (exact) mass is 385 g/mol. The SMILES string of the molecule is Cn1cccc1[C@@H]1CCCCCN1C(=O)[C@H]1CC(=O)N(C2CCCCCC2)C1. The molecule has 2 aliphatic heterocycles.